The maximum Gasteiger partial charge on any atom is 0.306 e. The molecule has 0 radical (unpaired) electrons. The van der Waals surface area contributed by atoms with Crippen molar-refractivity contribution < 1.29 is 25.2 Å². The lowest BCUT2D eigenvalue weighted by Crippen LogP contribution is -2.45. The highest BCUT2D eigenvalue weighted by Gasteiger charge is 2.32. The highest BCUT2D eigenvalue weighted by atomic mass is 16.4. The first-order chi connectivity index (χ1) is 11.7. The summed E-state index contributed by atoms with van der Waals surface area (Å²) in [5.74, 6) is -1.01. The number of hydrogen-bond donors (Lipinski definition) is 4. The number of carboxylic acid groups (broad SMARTS) is 1. The van der Waals surface area contributed by atoms with Gasteiger partial charge in [0.15, 0.2) is 0 Å². The second-order valence-corrected chi connectivity index (χ2v) is 7.37. The van der Waals surface area contributed by atoms with E-state index >= 15 is 0 Å². The summed E-state index contributed by atoms with van der Waals surface area (Å²) in [6, 6.07) is 0. The average molecular weight is 359 g/mol. The van der Waals surface area contributed by atoms with Crippen molar-refractivity contribution in [2.45, 2.75) is 103 Å². The Morgan fingerprint density at radius 3 is 2.24 bits per heavy atom. The quantitative estimate of drug-likeness (QED) is 0.264. The van der Waals surface area contributed by atoms with Crippen LogP contribution in [0, 0.1) is 5.92 Å². The van der Waals surface area contributed by atoms with Crippen LogP contribution >= 0.6 is 0 Å². The lowest BCUT2D eigenvalue weighted by atomic mass is 9.91. The van der Waals surface area contributed by atoms with Crippen molar-refractivity contribution in [3.8, 4) is 0 Å². The molecule has 0 fully saturated rings. The van der Waals surface area contributed by atoms with Crippen LogP contribution in [0.5, 0.6) is 0 Å². The largest absolute Gasteiger partial charge is 0.481 e. The zero-order valence-electron chi connectivity index (χ0n) is 16.2. The van der Waals surface area contributed by atoms with Crippen LogP contribution in [0.3, 0.4) is 0 Å². The number of allylic oxidation sites excluding steroid dienone is 1. The molecule has 4 unspecified atom stereocenters. The maximum atomic E-state index is 10.7. The zero-order chi connectivity index (χ0) is 19.3. The highest BCUT2D eigenvalue weighted by molar-refractivity contribution is 5.69. The average Bonchev–Trinajstić information content (AvgIpc) is 2.56. The van der Waals surface area contributed by atoms with E-state index in [0.717, 1.165) is 51.4 Å². The Labute approximate surface area is 152 Å². The van der Waals surface area contributed by atoms with Crippen molar-refractivity contribution in [2.24, 2.45) is 5.92 Å². The van der Waals surface area contributed by atoms with Crippen LogP contribution in [-0.2, 0) is 4.79 Å². The predicted octanol–water partition coefficient (Wildman–Crippen LogP) is 3.66. The molecule has 0 aromatic carbocycles. The van der Waals surface area contributed by atoms with Crippen molar-refractivity contribution in [3.63, 3.8) is 0 Å². The standard InChI is InChI=1S/C20H38O5/c1-4-5-10-14-17(21)18(22)20(3,25)15-12-9-7-6-8-11-13-16(2)19(23)24/h12,15-18,21-22,25H,4-11,13-14H2,1-3H3,(H,23,24)/b15-12-. The Kier molecular flexibility index (Phi) is 12.8. The number of hydrogen-bond acceptors (Lipinski definition) is 4. The van der Waals surface area contributed by atoms with Gasteiger partial charge in [-0.3, -0.25) is 4.79 Å². The fourth-order valence-corrected chi connectivity index (χ4v) is 2.76. The molecule has 0 heterocycles. The summed E-state index contributed by atoms with van der Waals surface area (Å²) in [5.41, 5.74) is -1.43. The van der Waals surface area contributed by atoms with Gasteiger partial charge in [0.2, 0.25) is 0 Å². The molecule has 5 heteroatoms. The minimum absolute atomic E-state index is 0.278. The van der Waals surface area contributed by atoms with E-state index < -0.39 is 23.8 Å². The molecule has 0 spiro atoms. The topological polar surface area (TPSA) is 98.0 Å². The third-order valence-corrected chi connectivity index (χ3v) is 4.70. The summed E-state index contributed by atoms with van der Waals surface area (Å²) < 4.78 is 0. The van der Waals surface area contributed by atoms with Gasteiger partial charge in [-0.05, 0) is 32.6 Å². The molecule has 0 aromatic heterocycles. The first-order valence-corrected chi connectivity index (χ1v) is 9.71. The molecule has 5 nitrogen and oxygen atoms in total. The monoisotopic (exact) mass is 358 g/mol. The van der Waals surface area contributed by atoms with Gasteiger partial charge in [0.1, 0.15) is 11.7 Å². The summed E-state index contributed by atoms with van der Waals surface area (Å²) in [5, 5.41) is 39.2. The molecular formula is C20H38O5. The normalized spacial score (nSPS) is 18.0. The molecule has 25 heavy (non-hydrogen) atoms. The number of rotatable bonds is 15. The minimum Gasteiger partial charge on any atom is -0.481 e. The molecule has 0 aromatic rings. The van der Waals surface area contributed by atoms with E-state index in [1.54, 1.807) is 13.0 Å². The van der Waals surface area contributed by atoms with Gasteiger partial charge in [-0.15, -0.1) is 0 Å². The van der Waals surface area contributed by atoms with Gasteiger partial charge < -0.3 is 20.4 Å². The van der Waals surface area contributed by atoms with Gasteiger partial charge >= 0.3 is 5.97 Å². The molecule has 0 aliphatic rings. The Bertz CT molecular complexity index is 378. The Hall–Kier alpha value is -0.910. The highest BCUT2D eigenvalue weighted by Crippen LogP contribution is 2.19. The zero-order valence-corrected chi connectivity index (χ0v) is 16.2. The van der Waals surface area contributed by atoms with Gasteiger partial charge in [-0.1, -0.05) is 64.5 Å². The number of aliphatic carboxylic acids is 1. The molecular weight excluding hydrogens is 320 g/mol. The third kappa shape index (κ3) is 11.3. The molecule has 148 valence electrons. The first kappa shape index (κ1) is 24.1. The number of carbonyl (C=O) groups is 1. The molecule has 0 aliphatic carbocycles. The van der Waals surface area contributed by atoms with E-state index in [0.29, 0.717) is 12.8 Å². The number of aliphatic hydroxyl groups is 3. The molecule has 0 rings (SSSR count). The van der Waals surface area contributed by atoms with Crippen LogP contribution in [-0.4, -0.2) is 44.2 Å². The van der Waals surface area contributed by atoms with Crippen LogP contribution in [0.2, 0.25) is 0 Å². The lowest BCUT2D eigenvalue weighted by Gasteiger charge is -2.29. The fourth-order valence-electron chi connectivity index (χ4n) is 2.76. The van der Waals surface area contributed by atoms with E-state index in [2.05, 4.69) is 6.92 Å². The van der Waals surface area contributed by atoms with E-state index in [9.17, 15) is 20.1 Å². The van der Waals surface area contributed by atoms with Gasteiger partial charge in [0.25, 0.3) is 0 Å². The van der Waals surface area contributed by atoms with Crippen LogP contribution in [0.25, 0.3) is 0 Å². The summed E-state index contributed by atoms with van der Waals surface area (Å²) in [4.78, 5) is 10.7. The van der Waals surface area contributed by atoms with Crippen LogP contribution in [0.1, 0.15) is 85.0 Å². The van der Waals surface area contributed by atoms with E-state index in [1.165, 1.54) is 6.92 Å². The van der Waals surface area contributed by atoms with Gasteiger partial charge in [0.05, 0.1) is 12.0 Å². The third-order valence-electron chi connectivity index (χ3n) is 4.70. The maximum absolute atomic E-state index is 10.7. The molecule has 0 saturated carbocycles. The number of carboxylic acids is 1. The van der Waals surface area contributed by atoms with Crippen LogP contribution in [0.4, 0.5) is 0 Å². The molecule has 0 amide bonds. The second kappa shape index (κ2) is 13.3. The van der Waals surface area contributed by atoms with Crippen molar-refractivity contribution in [1.29, 1.82) is 0 Å². The van der Waals surface area contributed by atoms with Crippen molar-refractivity contribution in [3.05, 3.63) is 12.2 Å². The minimum atomic E-state index is -1.43. The van der Waals surface area contributed by atoms with E-state index in [1.807, 2.05) is 6.08 Å². The van der Waals surface area contributed by atoms with Crippen molar-refractivity contribution in [1.82, 2.24) is 0 Å². The Balaban J connectivity index is 3.95. The molecule has 4 atom stereocenters. The molecule has 0 saturated heterocycles. The van der Waals surface area contributed by atoms with Gasteiger partial charge in [-0.25, -0.2) is 0 Å². The van der Waals surface area contributed by atoms with Gasteiger partial charge in [0, 0.05) is 0 Å². The summed E-state index contributed by atoms with van der Waals surface area (Å²) >= 11 is 0. The molecule has 4 N–H and O–H groups in total. The lowest BCUT2D eigenvalue weighted by molar-refractivity contribution is -0.141. The predicted molar refractivity (Wildman–Crippen MR) is 100 cm³/mol. The Morgan fingerprint density at radius 2 is 1.64 bits per heavy atom. The molecule has 0 bridgehead atoms. The van der Waals surface area contributed by atoms with E-state index in [4.69, 9.17) is 5.11 Å². The van der Waals surface area contributed by atoms with E-state index in [-0.39, 0.29) is 5.92 Å². The summed E-state index contributed by atoms with van der Waals surface area (Å²) in [7, 11) is 0. The second-order valence-electron chi connectivity index (χ2n) is 7.37. The number of aliphatic hydroxyl groups excluding tert-OH is 2. The Morgan fingerprint density at radius 1 is 1.04 bits per heavy atom. The SMILES string of the molecule is CCCCCC(O)C(O)C(C)(O)/C=C\CCCCCCC(C)C(=O)O. The summed E-state index contributed by atoms with van der Waals surface area (Å²) in [6.07, 6.45) is 10.1. The van der Waals surface area contributed by atoms with Crippen LogP contribution in [0.15, 0.2) is 12.2 Å². The molecule has 0 aliphatic heterocycles. The van der Waals surface area contributed by atoms with Gasteiger partial charge in [-0.2, -0.15) is 0 Å². The number of unbranched alkanes of at least 4 members (excludes halogenated alkanes) is 6. The summed E-state index contributed by atoms with van der Waals surface area (Å²) in [6.45, 7) is 5.33. The van der Waals surface area contributed by atoms with Crippen molar-refractivity contribution in [2.75, 3.05) is 0 Å². The van der Waals surface area contributed by atoms with Crippen molar-refractivity contribution >= 4 is 5.97 Å². The van der Waals surface area contributed by atoms with Crippen LogP contribution < -0.4 is 0 Å². The fraction of sp³-hybridized carbons (Fsp3) is 0.850. The smallest absolute Gasteiger partial charge is 0.306 e. The first-order valence-electron chi connectivity index (χ1n) is 9.71.